The zero-order valence-corrected chi connectivity index (χ0v) is 13.4. The van der Waals surface area contributed by atoms with Gasteiger partial charge in [-0.1, -0.05) is 41.5 Å². The molecule has 1 nitrogen and oxygen atoms in total. The predicted molar refractivity (Wildman–Crippen MR) is 79.7 cm³/mol. The first kappa shape index (κ1) is 14.4. The molecule has 1 heteroatoms. The Morgan fingerprint density at radius 2 is 1.17 bits per heavy atom. The van der Waals surface area contributed by atoms with Crippen molar-refractivity contribution in [1.29, 1.82) is 0 Å². The summed E-state index contributed by atoms with van der Waals surface area (Å²) in [7, 11) is 0. The third-order valence-electron chi connectivity index (χ3n) is 5.61. The Kier molecular flexibility index (Phi) is 3.84. The molecule has 0 aromatic heterocycles. The first-order valence-electron chi connectivity index (χ1n) is 7.92. The van der Waals surface area contributed by atoms with Gasteiger partial charge in [-0.2, -0.15) is 0 Å². The van der Waals surface area contributed by atoms with E-state index in [1.165, 1.54) is 38.8 Å². The number of piperidine rings is 1. The third kappa shape index (κ3) is 3.10. The quantitative estimate of drug-likeness (QED) is 0.660. The summed E-state index contributed by atoms with van der Waals surface area (Å²) >= 11 is 0. The van der Waals surface area contributed by atoms with E-state index in [0.29, 0.717) is 10.8 Å². The molecule has 1 saturated heterocycles. The molecule has 2 fully saturated rings. The molecule has 2 rings (SSSR count). The van der Waals surface area contributed by atoms with E-state index in [1.807, 2.05) is 0 Å². The minimum Gasteiger partial charge on any atom is -0.300 e. The lowest BCUT2D eigenvalue weighted by Gasteiger charge is -2.51. The predicted octanol–water partition coefficient (Wildman–Crippen LogP) is 4.57. The largest absolute Gasteiger partial charge is 0.300 e. The van der Waals surface area contributed by atoms with E-state index in [2.05, 4.69) is 46.4 Å². The Balaban J connectivity index is 1.76. The van der Waals surface area contributed by atoms with Gasteiger partial charge in [0.1, 0.15) is 0 Å². The molecule has 106 valence electrons. The zero-order chi connectivity index (χ0) is 13.6. The summed E-state index contributed by atoms with van der Waals surface area (Å²) in [5, 5.41) is 0. The maximum absolute atomic E-state index is 2.78. The van der Waals surface area contributed by atoms with Crippen LogP contribution < -0.4 is 0 Å². The Hall–Kier alpha value is -0.0400. The van der Waals surface area contributed by atoms with Gasteiger partial charge in [0.15, 0.2) is 0 Å². The van der Waals surface area contributed by atoms with Crippen LogP contribution in [0.5, 0.6) is 0 Å². The number of hydrogen-bond acceptors (Lipinski definition) is 1. The van der Waals surface area contributed by atoms with Crippen LogP contribution in [0, 0.1) is 22.7 Å². The van der Waals surface area contributed by atoms with Gasteiger partial charge in [-0.25, -0.2) is 0 Å². The minimum atomic E-state index is 0.514. The van der Waals surface area contributed by atoms with E-state index >= 15 is 0 Å². The van der Waals surface area contributed by atoms with Gasteiger partial charge in [-0.3, -0.25) is 0 Å². The molecule has 0 N–H and O–H groups in total. The fraction of sp³-hybridized carbons (Fsp3) is 1.00. The second-order valence-corrected chi connectivity index (χ2v) is 8.86. The summed E-state index contributed by atoms with van der Waals surface area (Å²) in [5.74, 6) is 1.90. The highest BCUT2D eigenvalue weighted by Crippen LogP contribution is 2.45. The van der Waals surface area contributed by atoms with E-state index in [1.54, 1.807) is 0 Å². The molecule has 2 aliphatic rings. The lowest BCUT2D eigenvalue weighted by atomic mass is 9.65. The van der Waals surface area contributed by atoms with Gasteiger partial charge < -0.3 is 4.90 Å². The minimum absolute atomic E-state index is 0.514. The highest BCUT2D eigenvalue weighted by atomic mass is 15.2. The molecule has 0 amide bonds. The molecule has 0 spiro atoms. The van der Waals surface area contributed by atoms with Crippen molar-refractivity contribution in [3.63, 3.8) is 0 Å². The molecular formula is C17H33N. The van der Waals surface area contributed by atoms with Crippen molar-refractivity contribution in [2.24, 2.45) is 22.7 Å². The van der Waals surface area contributed by atoms with Crippen LogP contribution >= 0.6 is 0 Å². The Morgan fingerprint density at radius 3 is 1.56 bits per heavy atom. The van der Waals surface area contributed by atoms with Crippen molar-refractivity contribution in [2.45, 2.75) is 73.3 Å². The molecule has 0 atom stereocenters. The van der Waals surface area contributed by atoms with Crippen molar-refractivity contribution in [3.8, 4) is 0 Å². The third-order valence-corrected chi connectivity index (χ3v) is 5.61. The summed E-state index contributed by atoms with van der Waals surface area (Å²) in [5.41, 5.74) is 1.04. The van der Waals surface area contributed by atoms with Gasteiger partial charge >= 0.3 is 0 Å². The maximum atomic E-state index is 2.78. The number of likely N-dealkylation sites (tertiary alicyclic amines) is 1. The molecule has 1 aliphatic carbocycles. The lowest BCUT2D eigenvalue weighted by Crippen LogP contribution is -2.51. The van der Waals surface area contributed by atoms with Gasteiger partial charge in [0, 0.05) is 6.04 Å². The van der Waals surface area contributed by atoms with Crippen LogP contribution in [0.2, 0.25) is 0 Å². The fourth-order valence-corrected chi connectivity index (χ4v) is 3.72. The van der Waals surface area contributed by atoms with E-state index < -0.39 is 0 Å². The maximum Gasteiger partial charge on any atom is 0.0101 e. The van der Waals surface area contributed by atoms with Gasteiger partial charge in [0.25, 0.3) is 0 Å². The summed E-state index contributed by atoms with van der Waals surface area (Å²) in [6.45, 7) is 17.1. The molecule has 1 saturated carbocycles. The van der Waals surface area contributed by atoms with Crippen molar-refractivity contribution in [3.05, 3.63) is 0 Å². The molecule has 0 unspecified atom stereocenters. The van der Waals surface area contributed by atoms with Gasteiger partial charge in [-0.15, -0.1) is 0 Å². The monoisotopic (exact) mass is 251 g/mol. The summed E-state index contributed by atoms with van der Waals surface area (Å²) in [6, 6.07) is 0.912. The van der Waals surface area contributed by atoms with E-state index in [0.717, 1.165) is 17.9 Å². The number of hydrogen-bond donors (Lipinski definition) is 0. The van der Waals surface area contributed by atoms with Crippen molar-refractivity contribution < 1.29 is 0 Å². The second-order valence-electron chi connectivity index (χ2n) is 8.86. The number of nitrogens with zero attached hydrogens (tertiary/aromatic N) is 1. The second kappa shape index (κ2) is 4.81. The highest BCUT2D eigenvalue weighted by Gasteiger charge is 2.41. The van der Waals surface area contributed by atoms with E-state index in [-0.39, 0.29) is 0 Å². The Bertz CT molecular complexity index is 267. The average molecular weight is 251 g/mol. The van der Waals surface area contributed by atoms with Crippen LogP contribution in [0.3, 0.4) is 0 Å². The van der Waals surface area contributed by atoms with Gasteiger partial charge in [0.2, 0.25) is 0 Å². The molecule has 0 aromatic rings. The van der Waals surface area contributed by atoms with Gasteiger partial charge in [-0.05, 0) is 61.4 Å². The first-order chi connectivity index (χ1) is 8.18. The van der Waals surface area contributed by atoms with Crippen LogP contribution in [-0.2, 0) is 0 Å². The van der Waals surface area contributed by atoms with Crippen LogP contribution in [0.15, 0.2) is 0 Å². The molecular weight excluding hydrogens is 218 g/mol. The smallest absolute Gasteiger partial charge is 0.0101 e. The van der Waals surface area contributed by atoms with Crippen LogP contribution in [-0.4, -0.2) is 24.0 Å². The molecule has 1 aliphatic heterocycles. The van der Waals surface area contributed by atoms with E-state index in [9.17, 15) is 0 Å². The van der Waals surface area contributed by atoms with Crippen LogP contribution in [0.25, 0.3) is 0 Å². The molecule has 0 aromatic carbocycles. The Labute approximate surface area is 114 Å². The standard InChI is InChI=1S/C17H33N/c1-16(2,3)13-7-9-18(10-8-13)15-11-14(12-15)17(4,5)6/h13-15H,7-12H2,1-6H3. The van der Waals surface area contributed by atoms with Crippen molar-refractivity contribution >= 4 is 0 Å². The zero-order valence-electron chi connectivity index (χ0n) is 13.4. The van der Waals surface area contributed by atoms with Crippen molar-refractivity contribution in [2.75, 3.05) is 13.1 Å². The van der Waals surface area contributed by atoms with Crippen LogP contribution in [0.1, 0.15) is 67.2 Å². The normalized spacial score (nSPS) is 32.3. The number of rotatable bonds is 1. The first-order valence-corrected chi connectivity index (χ1v) is 7.92. The van der Waals surface area contributed by atoms with E-state index in [4.69, 9.17) is 0 Å². The lowest BCUT2D eigenvalue weighted by molar-refractivity contribution is -0.00676. The molecule has 1 heterocycles. The summed E-state index contributed by atoms with van der Waals surface area (Å²) < 4.78 is 0. The van der Waals surface area contributed by atoms with Crippen LogP contribution in [0.4, 0.5) is 0 Å². The SMILES string of the molecule is CC(C)(C)C1CCN(C2CC(C(C)(C)C)C2)CC1. The fourth-order valence-electron chi connectivity index (χ4n) is 3.72. The molecule has 0 radical (unpaired) electrons. The molecule has 0 bridgehead atoms. The topological polar surface area (TPSA) is 3.24 Å². The van der Waals surface area contributed by atoms with Crippen molar-refractivity contribution in [1.82, 2.24) is 4.90 Å². The summed E-state index contributed by atoms with van der Waals surface area (Å²) in [4.78, 5) is 2.78. The Morgan fingerprint density at radius 1 is 0.722 bits per heavy atom. The van der Waals surface area contributed by atoms with Gasteiger partial charge in [0.05, 0.1) is 0 Å². The highest BCUT2D eigenvalue weighted by molar-refractivity contribution is 4.94. The summed E-state index contributed by atoms with van der Waals surface area (Å²) in [6.07, 6.45) is 5.73. The average Bonchev–Trinajstić information content (AvgIpc) is 2.12. The molecule has 18 heavy (non-hydrogen) atoms.